The Balaban J connectivity index is 0. The van der Waals surface area contributed by atoms with E-state index >= 15 is 0 Å². The van der Waals surface area contributed by atoms with Crippen LogP contribution in [0, 0.1) is 10.5 Å². The van der Waals surface area contributed by atoms with Gasteiger partial charge in [0.25, 0.3) is 0 Å². The topological polar surface area (TPSA) is 0 Å². The van der Waals surface area contributed by atoms with Gasteiger partial charge in [-0.15, -0.1) is 12.1 Å². The number of hydrogen-bond acceptors (Lipinski definition) is 0. The second kappa shape index (κ2) is 6.62. The fourth-order valence-corrected chi connectivity index (χ4v) is 0.844. The Hall–Kier alpha value is 0.923. The SMILES string of the molecule is [Br-].[CH2-]c1ccc(I)cc1.[Zn+2]. The van der Waals surface area contributed by atoms with Crippen molar-refractivity contribution in [3.05, 3.63) is 40.3 Å². The molecule has 1 aromatic carbocycles. The van der Waals surface area contributed by atoms with Crippen molar-refractivity contribution in [2.75, 3.05) is 0 Å². The van der Waals surface area contributed by atoms with Crippen molar-refractivity contribution in [2.45, 2.75) is 0 Å². The molecule has 3 heteroatoms. The minimum Gasteiger partial charge on any atom is -1.00 e. The van der Waals surface area contributed by atoms with E-state index in [1.54, 1.807) is 0 Å². The number of halogens is 2. The van der Waals surface area contributed by atoms with Crippen molar-refractivity contribution in [2.24, 2.45) is 0 Å². The molecule has 0 saturated heterocycles. The van der Waals surface area contributed by atoms with Crippen LogP contribution < -0.4 is 17.0 Å². The molecule has 0 aromatic heterocycles. The molecule has 1 rings (SSSR count). The number of hydrogen-bond donors (Lipinski definition) is 0. The predicted molar refractivity (Wildman–Crippen MR) is 43.6 cm³/mol. The van der Waals surface area contributed by atoms with Gasteiger partial charge in [-0.25, -0.2) is 0 Å². The van der Waals surface area contributed by atoms with Crippen LogP contribution in [0.25, 0.3) is 0 Å². The van der Waals surface area contributed by atoms with E-state index in [0.717, 1.165) is 5.56 Å². The second-order valence-corrected chi connectivity index (χ2v) is 2.87. The van der Waals surface area contributed by atoms with Crippen molar-refractivity contribution in [3.63, 3.8) is 0 Å². The van der Waals surface area contributed by atoms with Crippen molar-refractivity contribution >= 4 is 22.6 Å². The van der Waals surface area contributed by atoms with Crippen molar-refractivity contribution < 1.29 is 36.5 Å². The molecule has 0 saturated carbocycles. The quantitative estimate of drug-likeness (QED) is 0.331. The van der Waals surface area contributed by atoms with Gasteiger partial charge >= 0.3 is 19.5 Å². The van der Waals surface area contributed by atoms with E-state index in [1.165, 1.54) is 3.57 Å². The Labute approximate surface area is 98.5 Å². The zero-order valence-electron chi connectivity index (χ0n) is 5.48. The van der Waals surface area contributed by atoms with Crippen LogP contribution in [0.3, 0.4) is 0 Å². The van der Waals surface area contributed by atoms with Crippen LogP contribution >= 0.6 is 22.6 Å². The summed E-state index contributed by atoms with van der Waals surface area (Å²) in [7, 11) is 0. The molecule has 0 amide bonds. The summed E-state index contributed by atoms with van der Waals surface area (Å²) in [5.74, 6) is 0. The smallest absolute Gasteiger partial charge is 1.00 e. The van der Waals surface area contributed by atoms with E-state index in [9.17, 15) is 0 Å². The van der Waals surface area contributed by atoms with E-state index in [0.29, 0.717) is 0 Å². The van der Waals surface area contributed by atoms with Gasteiger partial charge in [0, 0.05) is 0 Å². The first kappa shape index (κ1) is 13.5. The zero-order chi connectivity index (χ0) is 5.98. The Bertz CT molecular complexity index is 152. The van der Waals surface area contributed by atoms with Gasteiger partial charge in [-0.2, -0.15) is 24.6 Å². The van der Waals surface area contributed by atoms with Crippen LogP contribution in [0.4, 0.5) is 0 Å². The summed E-state index contributed by atoms with van der Waals surface area (Å²) in [6, 6.07) is 8.09. The van der Waals surface area contributed by atoms with Crippen molar-refractivity contribution in [3.8, 4) is 0 Å². The summed E-state index contributed by atoms with van der Waals surface area (Å²) < 4.78 is 1.26. The molecule has 50 valence electrons. The monoisotopic (exact) mass is 360 g/mol. The van der Waals surface area contributed by atoms with Gasteiger partial charge in [-0.05, 0) is 26.2 Å². The maximum Gasteiger partial charge on any atom is 2.00 e. The number of rotatable bonds is 0. The molecule has 0 aliphatic heterocycles. The van der Waals surface area contributed by atoms with E-state index in [2.05, 4.69) is 29.5 Å². The van der Waals surface area contributed by atoms with Crippen molar-refractivity contribution in [1.82, 2.24) is 0 Å². The van der Waals surface area contributed by atoms with Crippen LogP contribution in [0.1, 0.15) is 5.56 Å². The van der Waals surface area contributed by atoms with Crippen LogP contribution in [-0.2, 0) is 19.5 Å². The summed E-state index contributed by atoms with van der Waals surface area (Å²) in [4.78, 5) is 0. The molecule has 0 N–H and O–H groups in total. The zero-order valence-corrected chi connectivity index (χ0v) is 12.2. The third-order valence-electron chi connectivity index (χ3n) is 0.913. The molecule has 0 atom stereocenters. The average molecular weight is 362 g/mol. The maximum atomic E-state index is 3.76. The second-order valence-electron chi connectivity index (χ2n) is 1.63. The van der Waals surface area contributed by atoms with E-state index in [4.69, 9.17) is 0 Å². The van der Waals surface area contributed by atoms with Gasteiger partial charge < -0.3 is 17.0 Å². The Morgan fingerprint density at radius 3 is 1.80 bits per heavy atom. The van der Waals surface area contributed by atoms with Crippen LogP contribution in [0.5, 0.6) is 0 Å². The Morgan fingerprint density at radius 1 is 1.10 bits per heavy atom. The normalized spacial score (nSPS) is 7.30. The minimum atomic E-state index is 0. The maximum absolute atomic E-state index is 3.76. The molecule has 0 aliphatic carbocycles. The molecule has 0 bridgehead atoms. The summed E-state index contributed by atoms with van der Waals surface area (Å²) in [5, 5.41) is 0. The van der Waals surface area contributed by atoms with Gasteiger partial charge in [-0.1, -0.05) is 0 Å². The molecule has 0 radical (unpaired) electrons. The molecule has 0 unspecified atom stereocenters. The largest absolute Gasteiger partial charge is 2.00 e. The average Bonchev–Trinajstić information content (AvgIpc) is 1.77. The molecule has 10 heavy (non-hydrogen) atoms. The molecule has 0 aliphatic rings. The first-order valence-corrected chi connectivity index (χ1v) is 3.44. The third kappa shape index (κ3) is 4.70. The van der Waals surface area contributed by atoms with Crippen LogP contribution in [-0.4, -0.2) is 0 Å². The van der Waals surface area contributed by atoms with Gasteiger partial charge in [0.15, 0.2) is 0 Å². The van der Waals surface area contributed by atoms with E-state index < -0.39 is 0 Å². The Morgan fingerprint density at radius 2 is 1.50 bits per heavy atom. The van der Waals surface area contributed by atoms with Crippen LogP contribution in [0.2, 0.25) is 0 Å². The predicted octanol–water partition coefficient (Wildman–Crippen LogP) is -0.525. The van der Waals surface area contributed by atoms with E-state index in [1.807, 2.05) is 24.3 Å². The molecule has 0 spiro atoms. The molecule has 0 fully saturated rings. The summed E-state index contributed by atoms with van der Waals surface area (Å²) >= 11 is 2.27. The summed E-state index contributed by atoms with van der Waals surface area (Å²) in [6.45, 7) is 3.76. The third-order valence-corrected chi connectivity index (χ3v) is 1.63. The fourth-order valence-electron chi connectivity index (χ4n) is 0.484. The summed E-state index contributed by atoms with van der Waals surface area (Å²) in [6.07, 6.45) is 0. The molecule has 1 aromatic rings. The molecular formula is C7H6BrIZn. The molecule has 0 nitrogen and oxygen atoms in total. The molecular weight excluding hydrogens is 356 g/mol. The van der Waals surface area contributed by atoms with Crippen LogP contribution in [0.15, 0.2) is 24.3 Å². The minimum absolute atomic E-state index is 0. The van der Waals surface area contributed by atoms with Gasteiger partial charge in [0.1, 0.15) is 0 Å². The first-order valence-electron chi connectivity index (χ1n) is 2.36. The standard InChI is InChI=1S/C7H6I.BrH.Zn/c1-6-2-4-7(8)5-3-6;;/h2-5H,1H2;1H;/q-1;;+2/p-1. The van der Waals surface area contributed by atoms with Crippen molar-refractivity contribution in [1.29, 1.82) is 0 Å². The fraction of sp³-hybridized carbons (Fsp3) is 0. The van der Waals surface area contributed by atoms with E-state index in [-0.39, 0.29) is 36.5 Å². The van der Waals surface area contributed by atoms with Gasteiger partial charge in [-0.3, -0.25) is 0 Å². The molecule has 0 heterocycles. The van der Waals surface area contributed by atoms with Gasteiger partial charge in [0.05, 0.1) is 0 Å². The summed E-state index contributed by atoms with van der Waals surface area (Å²) in [5.41, 5.74) is 1.07. The first-order chi connectivity index (χ1) is 3.79. The Kier molecular flexibility index (Phi) is 8.95. The van der Waals surface area contributed by atoms with Gasteiger partial charge in [0.2, 0.25) is 0 Å². The number of benzene rings is 1.